The zero-order valence-corrected chi connectivity index (χ0v) is 13.2. The molecule has 0 amide bonds. The molecule has 2 aliphatic rings. The van der Waals surface area contributed by atoms with Gasteiger partial charge < -0.3 is 15.1 Å². The molecular weight excluding hydrogens is 234 g/mol. The highest BCUT2D eigenvalue weighted by Gasteiger charge is 2.23. The number of hydrogen-bond donors (Lipinski definition) is 1. The first kappa shape index (κ1) is 15.3. The summed E-state index contributed by atoms with van der Waals surface area (Å²) in [6.07, 6.45) is 5.44. The van der Waals surface area contributed by atoms with Gasteiger partial charge in [0, 0.05) is 19.1 Å². The fourth-order valence-electron chi connectivity index (χ4n) is 3.58. The first-order valence-corrected chi connectivity index (χ1v) is 8.27. The van der Waals surface area contributed by atoms with Gasteiger partial charge in [0.05, 0.1) is 0 Å². The number of hydrogen-bond acceptors (Lipinski definition) is 3. The van der Waals surface area contributed by atoms with Crippen LogP contribution in [0, 0.1) is 11.8 Å². The van der Waals surface area contributed by atoms with E-state index in [-0.39, 0.29) is 0 Å². The van der Waals surface area contributed by atoms with Gasteiger partial charge in [-0.1, -0.05) is 13.8 Å². The van der Waals surface area contributed by atoms with Crippen molar-refractivity contribution < 1.29 is 0 Å². The highest BCUT2D eigenvalue weighted by atomic mass is 15.2. The molecule has 0 aliphatic carbocycles. The summed E-state index contributed by atoms with van der Waals surface area (Å²) in [5, 5.41) is 3.74. The summed E-state index contributed by atoms with van der Waals surface area (Å²) < 4.78 is 0. The van der Waals surface area contributed by atoms with Crippen LogP contribution in [0.2, 0.25) is 0 Å². The Morgan fingerprint density at radius 1 is 1.16 bits per heavy atom. The van der Waals surface area contributed by atoms with Crippen LogP contribution in [-0.2, 0) is 0 Å². The van der Waals surface area contributed by atoms with E-state index in [1.807, 2.05) is 0 Å². The molecule has 1 N–H and O–H groups in total. The lowest BCUT2D eigenvalue weighted by Crippen LogP contribution is -2.42. The molecule has 0 spiro atoms. The summed E-state index contributed by atoms with van der Waals surface area (Å²) >= 11 is 0. The van der Waals surface area contributed by atoms with Gasteiger partial charge >= 0.3 is 0 Å². The number of piperidine rings is 1. The average molecular weight is 267 g/mol. The highest BCUT2D eigenvalue weighted by molar-refractivity contribution is 4.80. The lowest BCUT2D eigenvalue weighted by atomic mass is 9.96. The van der Waals surface area contributed by atoms with E-state index in [1.165, 1.54) is 65.0 Å². The molecule has 0 aromatic heterocycles. The second-order valence-corrected chi connectivity index (χ2v) is 7.14. The summed E-state index contributed by atoms with van der Waals surface area (Å²) in [5.74, 6) is 1.75. The van der Waals surface area contributed by atoms with Crippen molar-refractivity contribution >= 4 is 0 Å². The van der Waals surface area contributed by atoms with Gasteiger partial charge in [0.15, 0.2) is 0 Å². The lowest BCUT2D eigenvalue weighted by molar-refractivity contribution is 0.156. The van der Waals surface area contributed by atoms with Crippen molar-refractivity contribution in [2.24, 2.45) is 11.8 Å². The fraction of sp³-hybridized carbons (Fsp3) is 1.00. The van der Waals surface area contributed by atoms with Crippen LogP contribution in [0.15, 0.2) is 0 Å². The second-order valence-electron chi connectivity index (χ2n) is 7.14. The van der Waals surface area contributed by atoms with E-state index in [0.29, 0.717) is 6.04 Å². The molecule has 2 saturated heterocycles. The third-order valence-corrected chi connectivity index (χ3v) is 4.67. The van der Waals surface area contributed by atoms with Gasteiger partial charge in [-0.25, -0.2) is 0 Å². The van der Waals surface area contributed by atoms with Gasteiger partial charge in [-0.15, -0.1) is 0 Å². The molecule has 3 heteroatoms. The molecule has 112 valence electrons. The number of likely N-dealkylation sites (tertiary alicyclic amines) is 1. The van der Waals surface area contributed by atoms with Crippen molar-refractivity contribution in [3.05, 3.63) is 0 Å². The SMILES string of the molecule is CC(C)CC1CN(CC2CCN(C)CC2)CCCN1. The maximum atomic E-state index is 3.74. The Morgan fingerprint density at radius 2 is 1.89 bits per heavy atom. The molecule has 1 atom stereocenters. The largest absolute Gasteiger partial charge is 0.313 e. The third kappa shape index (κ3) is 5.41. The van der Waals surface area contributed by atoms with Crippen molar-refractivity contribution in [3.63, 3.8) is 0 Å². The van der Waals surface area contributed by atoms with E-state index in [2.05, 4.69) is 36.0 Å². The van der Waals surface area contributed by atoms with Gasteiger partial charge in [0.25, 0.3) is 0 Å². The monoisotopic (exact) mass is 267 g/mol. The molecule has 2 rings (SSSR count). The summed E-state index contributed by atoms with van der Waals surface area (Å²) in [5.41, 5.74) is 0. The Labute approximate surface area is 119 Å². The van der Waals surface area contributed by atoms with Crippen molar-refractivity contribution in [2.75, 3.05) is 46.3 Å². The van der Waals surface area contributed by atoms with Gasteiger partial charge in [0.1, 0.15) is 0 Å². The van der Waals surface area contributed by atoms with Crippen LogP contribution in [0.1, 0.15) is 39.5 Å². The van der Waals surface area contributed by atoms with Crippen LogP contribution in [-0.4, -0.2) is 62.2 Å². The second kappa shape index (κ2) is 7.61. The molecule has 2 heterocycles. The average Bonchev–Trinajstić information content (AvgIpc) is 2.57. The number of rotatable bonds is 4. The van der Waals surface area contributed by atoms with Crippen molar-refractivity contribution in [1.82, 2.24) is 15.1 Å². The predicted molar refractivity (Wildman–Crippen MR) is 82.5 cm³/mol. The number of nitrogens with one attached hydrogen (secondary N) is 1. The quantitative estimate of drug-likeness (QED) is 0.841. The lowest BCUT2D eigenvalue weighted by Gasteiger charge is -2.33. The summed E-state index contributed by atoms with van der Waals surface area (Å²) in [7, 11) is 2.25. The molecule has 0 aromatic rings. The van der Waals surface area contributed by atoms with Gasteiger partial charge in [-0.05, 0) is 70.7 Å². The molecule has 3 nitrogen and oxygen atoms in total. The van der Waals surface area contributed by atoms with Crippen LogP contribution in [0.25, 0.3) is 0 Å². The molecule has 0 bridgehead atoms. The Morgan fingerprint density at radius 3 is 2.58 bits per heavy atom. The first-order chi connectivity index (χ1) is 9.13. The Bertz CT molecular complexity index is 246. The maximum absolute atomic E-state index is 3.74. The van der Waals surface area contributed by atoms with E-state index in [1.54, 1.807) is 0 Å². The zero-order chi connectivity index (χ0) is 13.7. The molecule has 0 radical (unpaired) electrons. The standard InChI is InChI=1S/C16H33N3/c1-14(2)11-16-13-19(8-4-7-17-16)12-15-5-9-18(3)10-6-15/h14-17H,4-13H2,1-3H3. The topological polar surface area (TPSA) is 18.5 Å². The first-order valence-electron chi connectivity index (χ1n) is 8.27. The predicted octanol–water partition coefficient (Wildman–Crippen LogP) is 2.04. The molecule has 0 aromatic carbocycles. The summed E-state index contributed by atoms with van der Waals surface area (Å²) in [6, 6.07) is 0.716. The fourth-order valence-corrected chi connectivity index (χ4v) is 3.58. The van der Waals surface area contributed by atoms with Crippen molar-refractivity contribution in [2.45, 2.75) is 45.6 Å². The van der Waals surface area contributed by atoms with E-state index in [4.69, 9.17) is 0 Å². The van der Waals surface area contributed by atoms with E-state index >= 15 is 0 Å². The molecular formula is C16H33N3. The van der Waals surface area contributed by atoms with Crippen LogP contribution >= 0.6 is 0 Å². The van der Waals surface area contributed by atoms with Crippen LogP contribution in [0.4, 0.5) is 0 Å². The third-order valence-electron chi connectivity index (χ3n) is 4.67. The minimum absolute atomic E-state index is 0.716. The number of nitrogens with zero attached hydrogens (tertiary/aromatic N) is 2. The summed E-state index contributed by atoms with van der Waals surface area (Å²) in [6.45, 7) is 12.4. The maximum Gasteiger partial charge on any atom is 0.0197 e. The Hall–Kier alpha value is -0.120. The van der Waals surface area contributed by atoms with Crippen LogP contribution in [0.3, 0.4) is 0 Å². The van der Waals surface area contributed by atoms with E-state index in [0.717, 1.165) is 11.8 Å². The summed E-state index contributed by atoms with van der Waals surface area (Å²) in [4.78, 5) is 5.21. The molecule has 1 unspecified atom stereocenters. The van der Waals surface area contributed by atoms with Crippen LogP contribution < -0.4 is 5.32 Å². The normalized spacial score (nSPS) is 28.7. The van der Waals surface area contributed by atoms with E-state index < -0.39 is 0 Å². The molecule has 19 heavy (non-hydrogen) atoms. The minimum atomic E-state index is 0.716. The molecule has 2 fully saturated rings. The Kier molecular flexibility index (Phi) is 6.11. The van der Waals surface area contributed by atoms with Crippen LogP contribution in [0.5, 0.6) is 0 Å². The molecule has 2 aliphatic heterocycles. The van der Waals surface area contributed by atoms with E-state index in [9.17, 15) is 0 Å². The van der Waals surface area contributed by atoms with Crippen molar-refractivity contribution in [1.29, 1.82) is 0 Å². The Balaban J connectivity index is 1.77. The highest BCUT2D eigenvalue weighted by Crippen LogP contribution is 2.19. The molecule has 0 saturated carbocycles. The minimum Gasteiger partial charge on any atom is -0.313 e. The smallest absolute Gasteiger partial charge is 0.0197 e. The van der Waals surface area contributed by atoms with Crippen molar-refractivity contribution in [3.8, 4) is 0 Å². The zero-order valence-electron chi connectivity index (χ0n) is 13.2. The van der Waals surface area contributed by atoms with Gasteiger partial charge in [-0.3, -0.25) is 0 Å². The van der Waals surface area contributed by atoms with Gasteiger partial charge in [0.2, 0.25) is 0 Å². The van der Waals surface area contributed by atoms with Gasteiger partial charge in [-0.2, -0.15) is 0 Å².